The molecule has 0 saturated heterocycles. The van der Waals surface area contributed by atoms with Crippen LogP contribution in [0.25, 0.3) is 11.2 Å². The molecule has 35 heavy (non-hydrogen) atoms. The largest absolute Gasteiger partial charge is 0.480 e. The lowest BCUT2D eigenvalue weighted by Gasteiger charge is -2.16. The second kappa shape index (κ2) is 15.2. The van der Waals surface area contributed by atoms with Crippen LogP contribution in [-0.4, -0.2) is 35.7 Å². The summed E-state index contributed by atoms with van der Waals surface area (Å²) in [5.74, 6) is -1.31. The molecule has 0 aliphatic heterocycles. The molecule has 3 rings (SSSR count). The van der Waals surface area contributed by atoms with Gasteiger partial charge in [0.15, 0.2) is 5.65 Å². The molecule has 1 unspecified atom stereocenters. The first-order chi connectivity index (χ1) is 16.6. The van der Waals surface area contributed by atoms with Crippen molar-refractivity contribution in [2.24, 2.45) is 0 Å². The summed E-state index contributed by atoms with van der Waals surface area (Å²) >= 11 is 0. The molecule has 3 aromatic rings. The van der Waals surface area contributed by atoms with E-state index >= 15 is 0 Å². The summed E-state index contributed by atoms with van der Waals surface area (Å²) < 4.78 is 26.4. The molecule has 0 aliphatic carbocycles. The van der Waals surface area contributed by atoms with E-state index < -0.39 is 16.8 Å². The third kappa shape index (κ3) is 8.72. The van der Waals surface area contributed by atoms with Gasteiger partial charge >= 0.3 is 11.7 Å². The normalized spacial score (nSPS) is 11.4. The molecule has 1 aromatic carbocycles. The van der Waals surface area contributed by atoms with E-state index in [1.54, 1.807) is 42.1 Å². The number of nitrogens with zero attached hydrogens (tertiary/aromatic N) is 3. The Balaban J connectivity index is 0.000000366. The minimum atomic E-state index is -1.03. The third-order valence-electron chi connectivity index (χ3n) is 5.07. The van der Waals surface area contributed by atoms with E-state index in [2.05, 4.69) is 32.7 Å². The lowest BCUT2D eigenvalue weighted by Crippen LogP contribution is -2.29. The van der Waals surface area contributed by atoms with Crippen molar-refractivity contribution in [3.8, 4) is 0 Å². The summed E-state index contributed by atoms with van der Waals surface area (Å²) in [4.78, 5) is 28.6. The van der Waals surface area contributed by atoms with Crippen molar-refractivity contribution in [1.29, 1.82) is 0 Å². The Morgan fingerprint density at radius 2 is 1.74 bits per heavy atom. The van der Waals surface area contributed by atoms with Crippen LogP contribution in [0.15, 0.2) is 46.2 Å². The molecule has 0 radical (unpaired) electrons. The number of benzene rings is 1. The van der Waals surface area contributed by atoms with E-state index in [4.69, 9.17) is 5.11 Å². The molecule has 0 saturated carbocycles. The van der Waals surface area contributed by atoms with Crippen LogP contribution in [0.4, 0.5) is 4.39 Å². The fourth-order valence-corrected chi connectivity index (χ4v) is 4.50. The molecule has 7 nitrogen and oxygen atoms in total. The number of hydrogen-bond donors (Lipinski definition) is 1. The predicted molar refractivity (Wildman–Crippen MR) is 140 cm³/mol. The van der Waals surface area contributed by atoms with Crippen LogP contribution in [-0.2, 0) is 22.1 Å². The van der Waals surface area contributed by atoms with E-state index in [-0.39, 0.29) is 24.1 Å². The number of pyridine rings is 1. The summed E-state index contributed by atoms with van der Waals surface area (Å²) in [6, 6.07) is 7.80. The Kier molecular flexibility index (Phi) is 13.2. The Labute approximate surface area is 209 Å². The van der Waals surface area contributed by atoms with Gasteiger partial charge in [-0.05, 0) is 55.7 Å². The number of fused-ring (bicyclic) bond motifs is 1. The molecular weight excluding hydrogens is 469 g/mol. The molecule has 194 valence electrons. The molecule has 0 fully saturated rings. The first-order valence-electron chi connectivity index (χ1n) is 12.0. The first kappa shape index (κ1) is 30.2. The van der Waals surface area contributed by atoms with Crippen molar-refractivity contribution in [2.75, 3.05) is 6.26 Å². The van der Waals surface area contributed by atoms with Gasteiger partial charge in [-0.1, -0.05) is 47.0 Å². The standard InChI is InChI=1S/C15H21N3O3.C8H9FOS.C3H8/c1-3-6-11(7-4-2)18-14-12(8-5-9-16-14)17(15(18)21)10-13(19)20;1-6-5-7(9)3-4-8(6)11(2)10;1-3-2/h5,8-9,11H,3-4,6-7,10H2,1-2H3,(H,19,20);3-5H,1-2H3;3H2,1-2H3. The van der Waals surface area contributed by atoms with Crippen LogP contribution < -0.4 is 5.69 Å². The van der Waals surface area contributed by atoms with Gasteiger partial charge in [0.1, 0.15) is 12.4 Å². The van der Waals surface area contributed by atoms with Crippen molar-refractivity contribution in [3.63, 3.8) is 0 Å². The molecular formula is C26H38FN3O4S. The molecule has 0 amide bonds. The number of halogens is 1. The highest BCUT2D eigenvalue weighted by Crippen LogP contribution is 2.23. The number of imidazole rings is 1. The van der Waals surface area contributed by atoms with Crippen LogP contribution in [0, 0.1) is 12.7 Å². The zero-order chi connectivity index (χ0) is 26.5. The number of carboxylic acids is 1. The van der Waals surface area contributed by atoms with Gasteiger partial charge in [0.25, 0.3) is 0 Å². The maximum Gasteiger partial charge on any atom is 0.331 e. The zero-order valence-electron chi connectivity index (χ0n) is 21.6. The van der Waals surface area contributed by atoms with Gasteiger partial charge in [-0.25, -0.2) is 14.2 Å². The van der Waals surface area contributed by atoms with Gasteiger partial charge in [-0.3, -0.25) is 18.1 Å². The Hall–Kier alpha value is -2.81. The van der Waals surface area contributed by atoms with Crippen LogP contribution >= 0.6 is 0 Å². The van der Waals surface area contributed by atoms with Gasteiger partial charge < -0.3 is 5.11 Å². The molecule has 2 aromatic heterocycles. The van der Waals surface area contributed by atoms with Crippen molar-refractivity contribution >= 4 is 27.9 Å². The second-order valence-corrected chi connectivity index (χ2v) is 9.63. The maximum absolute atomic E-state index is 12.6. The van der Waals surface area contributed by atoms with E-state index in [0.29, 0.717) is 16.1 Å². The Bertz CT molecular complexity index is 1170. The van der Waals surface area contributed by atoms with E-state index in [0.717, 1.165) is 31.2 Å². The molecule has 0 spiro atoms. The SMILES string of the molecule is CCC.CCCC(CCC)n1c(=O)n(CC(=O)O)c2cccnc21.Cc1cc(F)ccc1S(C)=O. The Morgan fingerprint density at radius 3 is 2.23 bits per heavy atom. The summed E-state index contributed by atoms with van der Waals surface area (Å²) in [6.07, 6.45) is 8.18. The van der Waals surface area contributed by atoms with Crippen LogP contribution in [0.5, 0.6) is 0 Å². The molecule has 2 heterocycles. The molecule has 1 atom stereocenters. The summed E-state index contributed by atoms with van der Waals surface area (Å²) in [6.45, 7) is 9.83. The van der Waals surface area contributed by atoms with Gasteiger partial charge in [0.05, 0.1) is 16.3 Å². The first-order valence-corrected chi connectivity index (χ1v) is 13.6. The minimum Gasteiger partial charge on any atom is -0.480 e. The van der Waals surface area contributed by atoms with Crippen molar-refractivity contribution in [1.82, 2.24) is 14.1 Å². The average molecular weight is 508 g/mol. The van der Waals surface area contributed by atoms with Crippen LogP contribution in [0.1, 0.15) is 71.4 Å². The number of rotatable bonds is 8. The Morgan fingerprint density at radius 1 is 1.14 bits per heavy atom. The van der Waals surface area contributed by atoms with Crippen molar-refractivity contribution < 1.29 is 18.5 Å². The lowest BCUT2D eigenvalue weighted by molar-refractivity contribution is -0.137. The third-order valence-corrected chi connectivity index (χ3v) is 6.15. The highest BCUT2D eigenvalue weighted by molar-refractivity contribution is 7.84. The van der Waals surface area contributed by atoms with Gasteiger partial charge in [0, 0.05) is 23.4 Å². The minimum absolute atomic E-state index is 0.0694. The number of hydrogen-bond acceptors (Lipinski definition) is 4. The quantitative estimate of drug-likeness (QED) is 0.421. The molecule has 9 heteroatoms. The number of aliphatic carboxylic acids is 1. The highest BCUT2D eigenvalue weighted by Gasteiger charge is 2.21. The smallest absolute Gasteiger partial charge is 0.331 e. The number of carbonyl (C=O) groups is 1. The predicted octanol–water partition coefficient (Wildman–Crippen LogP) is 5.71. The summed E-state index contributed by atoms with van der Waals surface area (Å²) in [5.41, 5.74) is 1.63. The summed E-state index contributed by atoms with van der Waals surface area (Å²) in [7, 11) is -1.02. The highest BCUT2D eigenvalue weighted by atomic mass is 32.2. The van der Waals surface area contributed by atoms with Crippen molar-refractivity contribution in [2.45, 2.75) is 84.2 Å². The monoisotopic (exact) mass is 507 g/mol. The topological polar surface area (TPSA) is 94.2 Å². The fraction of sp³-hybridized carbons (Fsp3) is 0.500. The van der Waals surface area contributed by atoms with Crippen LogP contribution in [0.2, 0.25) is 0 Å². The molecule has 0 bridgehead atoms. The lowest BCUT2D eigenvalue weighted by atomic mass is 10.1. The van der Waals surface area contributed by atoms with Crippen molar-refractivity contribution in [3.05, 3.63) is 58.4 Å². The fourth-order valence-electron chi connectivity index (χ4n) is 3.73. The van der Waals surface area contributed by atoms with Gasteiger partial charge in [-0.15, -0.1) is 0 Å². The van der Waals surface area contributed by atoms with E-state index in [9.17, 15) is 18.2 Å². The summed E-state index contributed by atoms with van der Waals surface area (Å²) in [5, 5.41) is 9.02. The zero-order valence-corrected chi connectivity index (χ0v) is 22.4. The number of carboxylic acid groups (broad SMARTS) is 1. The molecule has 1 N–H and O–H groups in total. The molecule has 0 aliphatic rings. The number of aryl methyl sites for hydroxylation is 1. The number of aromatic nitrogens is 3. The average Bonchev–Trinajstić information content (AvgIpc) is 3.05. The van der Waals surface area contributed by atoms with E-state index in [1.165, 1.54) is 23.1 Å². The second-order valence-electron chi connectivity index (χ2n) is 8.28. The maximum atomic E-state index is 12.6. The van der Waals surface area contributed by atoms with Gasteiger partial charge in [-0.2, -0.15) is 0 Å². The van der Waals surface area contributed by atoms with E-state index in [1.807, 2.05) is 0 Å². The van der Waals surface area contributed by atoms with Crippen LogP contribution in [0.3, 0.4) is 0 Å². The van der Waals surface area contributed by atoms with Gasteiger partial charge in [0.2, 0.25) is 0 Å².